The number of rotatable bonds is 8. The van der Waals surface area contributed by atoms with E-state index in [9.17, 15) is 0 Å². The van der Waals surface area contributed by atoms with Crippen LogP contribution in [0.3, 0.4) is 0 Å². The molecule has 2 aromatic rings. The van der Waals surface area contributed by atoms with Crippen molar-refractivity contribution < 1.29 is 4.74 Å². The molecule has 0 spiro atoms. The van der Waals surface area contributed by atoms with E-state index in [1.54, 1.807) is 7.11 Å². The number of benzene rings is 1. The Balaban J connectivity index is 2.05. The van der Waals surface area contributed by atoms with Crippen LogP contribution in [0.5, 0.6) is 5.75 Å². The van der Waals surface area contributed by atoms with Crippen LogP contribution in [-0.4, -0.2) is 42.0 Å². The zero-order chi connectivity index (χ0) is 20.7. The molecule has 0 saturated carbocycles. The zero-order valence-electron chi connectivity index (χ0n) is 18.3. The van der Waals surface area contributed by atoms with Crippen molar-refractivity contribution in [2.75, 3.05) is 20.2 Å². The maximum atomic E-state index is 5.49. The number of hydrogen-bond acceptors (Lipinski definition) is 3. The van der Waals surface area contributed by atoms with Gasteiger partial charge in [0, 0.05) is 37.8 Å². The third kappa shape index (κ3) is 5.50. The lowest BCUT2D eigenvalue weighted by Gasteiger charge is -2.19. The predicted molar refractivity (Wildman–Crippen MR) is 116 cm³/mol. The number of ether oxygens (including phenoxy) is 1. The molecule has 154 valence electrons. The molecule has 1 aromatic heterocycles. The topological polar surface area (TPSA) is 63.5 Å². The van der Waals surface area contributed by atoms with Gasteiger partial charge in [0.05, 0.1) is 12.8 Å². The number of aliphatic imine (C=N–C) groups is 1. The van der Waals surface area contributed by atoms with E-state index in [0.29, 0.717) is 6.54 Å². The second-order valence-corrected chi connectivity index (χ2v) is 7.39. The van der Waals surface area contributed by atoms with E-state index in [0.717, 1.165) is 30.4 Å². The van der Waals surface area contributed by atoms with Crippen molar-refractivity contribution in [3.05, 3.63) is 46.8 Å². The normalized spacial score (nSPS) is 13.9. The molecule has 0 amide bonds. The van der Waals surface area contributed by atoms with Crippen LogP contribution in [0.1, 0.15) is 49.2 Å². The Kier molecular flexibility index (Phi) is 7.91. The van der Waals surface area contributed by atoms with Crippen LogP contribution in [0.4, 0.5) is 0 Å². The number of para-hydroxylation sites is 1. The van der Waals surface area contributed by atoms with Gasteiger partial charge in [-0.15, -0.1) is 0 Å². The largest absolute Gasteiger partial charge is 0.496 e. The van der Waals surface area contributed by atoms with Crippen LogP contribution in [0.2, 0.25) is 0 Å². The lowest BCUT2D eigenvalue weighted by molar-refractivity contribution is 0.406. The van der Waals surface area contributed by atoms with E-state index in [-0.39, 0.29) is 12.0 Å². The van der Waals surface area contributed by atoms with Gasteiger partial charge in [0.15, 0.2) is 5.96 Å². The second kappa shape index (κ2) is 10.2. The quantitative estimate of drug-likeness (QED) is 0.540. The Bertz CT molecular complexity index is 796. The fourth-order valence-corrected chi connectivity index (χ4v) is 3.42. The van der Waals surface area contributed by atoms with Gasteiger partial charge < -0.3 is 15.4 Å². The summed E-state index contributed by atoms with van der Waals surface area (Å²) in [7, 11) is 3.71. The molecule has 0 fully saturated rings. The fraction of sp³-hybridized carbons (Fsp3) is 0.545. The molecule has 0 aliphatic rings. The highest BCUT2D eigenvalue weighted by Gasteiger charge is 2.15. The lowest BCUT2D eigenvalue weighted by Crippen LogP contribution is -2.43. The van der Waals surface area contributed by atoms with Crippen molar-refractivity contribution in [1.29, 1.82) is 0 Å². The van der Waals surface area contributed by atoms with Crippen LogP contribution in [0.25, 0.3) is 0 Å². The Morgan fingerprint density at radius 2 is 1.96 bits per heavy atom. The number of nitrogens with one attached hydrogen (secondary N) is 2. The first kappa shape index (κ1) is 21.8. The lowest BCUT2D eigenvalue weighted by atomic mass is 10.0. The van der Waals surface area contributed by atoms with Gasteiger partial charge in [-0.05, 0) is 51.3 Å². The number of nitrogens with zero attached hydrogens (tertiary/aromatic N) is 3. The molecular formula is C22H35N5O. The number of methoxy groups -OCH3 is 1. The maximum absolute atomic E-state index is 5.49. The molecule has 28 heavy (non-hydrogen) atoms. The van der Waals surface area contributed by atoms with Crippen molar-refractivity contribution in [2.45, 2.75) is 53.0 Å². The molecule has 0 aliphatic carbocycles. The van der Waals surface area contributed by atoms with Crippen LogP contribution in [0, 0.1) is 13.8 Å². The van der Waals surface area contributed by atoms with Gasteiger partial charge >= 0.3 is 0 Å². The second-order valence-electron chi connectivity index (χ2n) is 7.39. The number of guanidine groups is 1. The van der Waals surface area contributed by atoms with E-state index in [4.69, 9.17) is 9.73 Å². The summed E-state index contributed by atoms with van der Waals surface area (Å²) in [6.07, 6.45) is 0.915. The molecule has 2 N–H and O–H groups in total. The molecule has 0 aliphatic heterocycles. The highest BCUT2D eigenvalue weighted by Crippen LogP contribution is 2.26. The summed E-state index contributed by atoms with van der Waals surface area (Å²) >= 11 is 0. The van der Waals surface area contributed by atoms with Crippen LogP contribution < -0.4 is 15.4 Å². The molecule has 6 nitrogen and oxygen atoms in total. The summed E-state index contributed by atoms with van der Waals surface area (Å²) < 4.78 is 7.44. The van der Waals surface area contributed by atoms with E-state index >= 15 is 0 Å². The third-order valence-electron chi connectivity index (χ3n) is 5.09. The molecule has 1 aromatic carbocycles. The van der Waals surface area contributed by atoms with E-state index in [1.165, 1.54) is 16.8 Å². The van der Waals surface area contributed by atoms with Crippen molar-refractivity contribution in [2.24, 2.45) is 12.0 Å². The molecule has 2 rings (SSSR count). The summed E-state index contributed by atoms with van der Waals surface area (Å²) in [4.78, 5) is 4.81. The Morgan fingerprint density at radius 3 is 2.57 bits per heavy atom. The van der Waals surface area contributed by atoms with E-state index < -0.39 is 0 Å². The summed E-state index contributed by atoms with van der Waals surface area (Å²) in [6, 6.07) is 8.40. The van der Waals surface area contributed by atoms with E-state index in [2.05, 4.69) is 56.4 Å². The number of hydrogen-bond donors (Lipinski definition) is 2. The molecule has 1 heterocycles. The summed E-state index contributed by atoms with van der Waals surface area (Å²) in [5.41, 5.74) is 4.80. The molecule has 0 bridgehead atoms. The van der Waals surface area contributed by atoms with Gasteiger partial charge in [-0.3, -0.25) is 9.67 Å². The molecule has 6 heteroatoms. The smallest absolute Gasteiger partial charge is 0.191 e. The van der Waals surface area contributed by atoms with Gasteiger partial charge in [-0.2, -0.15) is 5.10 Å². The Morgan fingerprint density at radius 1 is 1.25 bits per heavy atom. The SMILES string of the molecule is CCNC(=NCC(C)c1ccccc1OC)NC(C)Cc1c(C)nn(C)c1C. The van der Waals surface area contributed by atoms with Crippen molar-refractivity contribution in [3.63, 3.8) is 0 Å². The van der Waals surface area contributed by atoms with Gasteiger partial charge in [-0.25, -0.2) is 0 Å². The molecular weight excluding hydrogens is 350 g/mol. The minimum absolute atomic E-state index is 0.251. The van der Waals surface area contributed by atoms with Gasteiger partial charge in [-0.1, -0.05) is 25.1 Å². The van der Waals surface area contributed by atoms with Crippen molar-refractivity contribution in [3.8, 4) is 5.75 Å². The van der Waals surface area contributed by atoms with E-state index in [1.807, 2.05) is 29.9 Å². The first-order chi connectivity index (χ1) is 13.4. The van der Waals surface area contributed by atoms with Crippen LogP contribution >= 0.6 is 0 Å². The summed E-state index contributed by atoms with van der Waals surface area (Å²) in [6.45, 7) is 12.2. The highest BCUT2D eigenvalue weighted by atomic mass is 16.5. The van der Waals surface area contributed by atoms with Crippen LogP contribution in [0.15, 0.2) is 29.3 Å². The standard InChI is InChI=1S/C22H35N5O/c1-8-23-22(24-14-15(2)19-11-9-10-12-21(19)28-7)25-16(3)13-20-17(4)26-27(6)18(20)5/h9-12,15-16H,8,13-14H2,1-7H3,(H2,23,24,25). The average Bonchev–Trinajstić information content (AvgIpc) is 2.92. The average molecular weight is 386 g/mol. The fourth-order valence-electron chi connectivity index (χ4n) is 3.42. The number of aromatic nitrogens is 2. The van der Waals surface area contributed by atoms with Gasteiger partial charge in [0.2, 0.25) is 0 Å². The maximum Gasteiger partial charge on any atom is 0.191 e. The minimum atomic E-state index is 0.251. The predicted octanol–water partition coefficient (Wildman–Crippen LogP) is 3.34. The zero-order valence-corrected chi connectivity index (χ0v) is 18.3. The Labute approximate surface area is 169 Å². The first-order valence-corrected chi connectivity index (χ1v) is 10.0. The monoisotopic (exact) mass is 385 g/mol. The van der Waals surface area contributed by atoms with Crippen LogP contribution in [-0.2, 0) is 13.5 Å². The molecule has 0 radical (unpaired) electrons. The summed E-state index contributed by atoms with van der Waals surface area (Å²) in [5, 5.41) is 11.4. The third-order valence-corrected chi connectivity index (χ3v) is 5.09. The van der Waals surface area contributed by atoms with Gasteiger partial charge in [0.25, 0.3) is 0 Å². The first-order valence-electron chi connectivity index (χ1n) is 10.0. The molecule has 0 saturated heterocycles. The van der Waals surface area contributed by atoms with Crippen molar-refractivity contribution in [1.82, 2.24) is 20.4 Å². The number of aryl methyl sites for hydroxylation is 2. The highest BCUT2D eigenvalue weighted by molar-refractivity contribution is 5.80. The molecule has 2 unspecified atom stereocenters. The Hall–Kier alpha value is -2.50. The van der Waals surface area contributed by atoms with Gasteiger partial charge in [0.1, 0.15) is 5.75 Å². The molecule has 2 atom stereocenters. The minimum Gasteiger partial charge on any atom is -0.496 e. The van der Waals surface area contributed by atoms with Crippen molar-refractivity contribution >= 4 is 5.96 Å². The summed E-state index contributed by atoms with van der Waals surface area (Å²) in [5.74, 6) is 2.03.